The summed E-state index contributed by atoms with van der Waals surface area (Å²) in [5.74, 6) is -0.114. The first-order valence-corrected chi connectivity index (χ1v) is 8.57. The molecule has 0 aliphatic heterocycles. The zero-order valence-corrected chi connectivity index (χ0v) is 15.6. The fourth-order valence-electron chi connectivity index (χ4n) is 2.80. The molecule has 2 N–H and O–H groups in total. The van der Waals surface area contributed by atoms with E-state index in [-0.39, 0.29) is 17.3 Å². The van der Waals surface area contributed by atoms with Crippen LogP contribution < -0.4 is 0 Å². The van der Waals surface area contributed by atoms with Gasteiger partial charge in [-0.25, -0.2) is 0 Å². The molecule has 0 saturated heterocycles. The zero-order chi connectivity index (χ0) is 17.9. The van der Waals surface area contributed by atoms with Crippen molar-refractivity contribution in [2.75, 3.05) is 0 Å². The van der Waals surface area contributed by atoms with Crippen LogP contribution in [-0.2, 0) is 10.2 Å². The van der Waals surface area contributed by atoms with Gasteiger partial charge in [0.25, 0.3) is 0 Å². The number of rotatable bonds is 7. The second-order valence-electron chi connectivity index (χ2n) is 7.98. The molecule has 3 nitrogen and oxygen atoms in total. The highest BCUT2D eigenvalue weighted by Crippen LogP contribution is 2.41. The molecule has 1 atom stereocenters. The number of phenolic OH excluding ortho intramolecular Hbond substituents is 1. The summed E-state index contributed by atoms with van der Waals surface area (Å²) in [6.07, 6.45) is 1.33. The van der Waals surface area contributed by atoms with E-state index >= 15 is 0 Å². The van der Waals surface area contributed by atoms with Crippen LogP contribution in [0.3, 0.4) is 0 Å². The van der Waals surface area contributed by atoms with E-state index in [0.29, 0.717) is 18.1 Å². The maximum atomic E-state index is 11.1. The van der Waals surface area contributed by atoms with Gasteiger partial charge in [-0.05, 0) is 41.2 Å². The lowest BCUT2D eigenvalue weighted by Gasteiger charge is -2.30. The molecule has 0 fully saturated rings. The molecule has 1 aromatic rings. The third kappa shape index (κ3) is 4.73. The Kier molecular flexibility index (Phi) is 6.26. The Morgan fingerprint density at radius 3 is 2.09 bits per heavy atom. The summed E-state index contributed by atoms with van der Waals surface area (Å²) in [6, 6.07) is 4.20. The third-order valence-electron chi connectivity index (χ3n) is 4.80. The van der Waals surface area contributed by atoms with E-state index in [0.717, 1.165) is 17.5 Å². The first kappa shape index (κ1) is 19.5. The van der Waals surface area contributed by atoms with Crippen LogP contribution in [0, 0.1) is 5.92 Å². The minimum atomic E-state index is -0.760. The van der Waals surface area contributed by atoms with E-state index in [1.54, 1.807) is 6.92 Å². The van der Waals surface area contributed by atoms with Crippen LogP contribution >= 0.6 is 0 Å². The highest BCUT2D eigenvalue weighted by atomic mass is 16.4. The van der Waals surface area contributed by atoms with Gasteiger partial charge >= 0.3 is 5.97 Å². The molecule has 0 radical (unpaired) electrons. The summed E-state index contributed by atoms with van der Waals surface area (Å²) in [6.45, 7) is 14.4. The predicted octanol–water partition coefficient (Wildman–Crippen LogP) is 5.42. The summed E-state index contributed by atoms with van der Waals surface area (Å²) >= 11 is 0. The summed E-state index contributed by atoms with van der Waals surface area (Å²) in [4.78, 5) is 11.1. The van der Waals surface area contributed by atoms with Gasteiger partial charge in [0.2, 0.25) is 0 Å². The van der Waals surface area contributed by atoms with Gasteiger partial charge in [-0.3, -0.25) is 4.79 Å². The number of phenols is 1. The third-order valence-corrected chi connectivity index (χ3v) is 4.80. The molecule has 0 aliphatic carbocycles. The van der Waals surface area contributed by atoms with Crippen LogP contribution in [-0.4, -0.2) is 16.2 Å². The molecule has 3 heteroatoms. The Balaban J connectivity index is 3.25. The Bertz CT molecular complexity index is 556. The molecular formula is C20H32O3. The maximum Gasteiger partial charge on any atom is 0.306 e. The second-order valence-corrected chi connectivity index (χ2v) is 7.98. The lowest BCUT2D eigenvalue weighted by molar-refractivity contribution is -0.141. The lowest BCUT2D eigenvalue weighted by atomic mass is 9.75. The molecule has 0 spiro atoms. The average Bonchev–Trinajstić information content (AvgIpc) is 2.43. The Hall–Kier alpha value is -1.51. The Morgan fingerprint density at radius 2 is 1.65 bits per heavy atom. The fourth-order valence-corrected chi connectivity index (χ4v) is 2.80. The standard InChI is InChI=1S/C20H32O3/c1-12(2)15-10-16(13(3)4)18(21)17(11-15)20(6,7)9-8-14(5)19(22)23/h10-14,21H,8-9H2,1-7H3,(H,22,23). The topological polar surface area (TPSA) is 57.5 Å². The van der Waals surface area contributed by atoms with Gasteiger partial charge in [-0.2, -0.15) is 0 Å². The minimum absolute atomic E-state index is 0.251. The van der Waals surface area contributed by atoms with Gasteiger partial charge in [-0.1, -0.05) is 60.6 Å². The first-order chi connectivity index (χ1) is 10.5. The number of hydrogen-bond donors (Lipinski definition) is 2. The molecule has 1 unspecified atom stereocenters. The highest BCUT2D eigenvalue weighted by molar-refractivity contribution is 5.69. The van der Waals surface area contributed by atoms with Gasteiger partial charge in [0, 0.05) is 5.56 Å². The smallest absolute Gasteiger partial charge is 0.306 e. The van der Waals surface area contributed by atoms with E-state index < -0.39 is 5.97 Å². The summed E-state index contributed by atoms with van der Waals surface area (Å²) in [5.41, 5.74) is 2.87. The van der Waals surface area contributed by atoms with Crippen LogP contribution in [0.25, 0.3) is 0 Å². The predicted molar refractivity (Wildman–Crippen MR) is 95.3 cm³/mol. The second kappa shape index (κ2) is 7.37. The van der Waals surface area contributed by atoms with E-state index in [1.807, 2.05) is 0 Å². The molecule has 0 amide bonds. The lowest BCUT2D eigenvalue weighted by Crippen LogP contribution is -2.21. The Morgan fingerprint density at radius 1 is 1.09 bits per heavy atom. The molecular weight excluding hydrogens is 288 g/mol. The molecule has 0 heterocycles. The van der Waals surface area contributed by atoms with E-state index in [4.69, 9.17) is 5.11 Å². The molecule has 0 saturated carbocycles. The van der Waals surface area contributed by atoms with Crippen molar-refractivity contribution in [1.82, 2.24) is 0 Å². The number of aliphatic carboxylic acids is 1. The average molecular weight is 320 g/mol. The van der Waals surface area contributed by atoms with Crippen molar-refractivity contribution in [3.63, 3.8) is 0 Å². The van der Waals surface area contributed by atoms with Gasteiger partial charge in [-0.15, -0.1) is 0 Å². The monoisotopic (exact) mass is 320 g/mol. The van der Waals surface area contributed by atoms with Gasteiger partial charge in [0.1, 0.15) is 5.75 Å². The molecule has 1 rings (SSSR count). The molecule has 130 valence electrons. The van der Waals surface area contributed by atoms with E-state index in [2.05, 4.69) is 53.7 Å². The number of aromatic hydroxyl groups is 1. The van der Waals surface area contributed by atoms with Crippen LogP contribution in [0.4, 0.5) is 0 Å². The summed E-state index contributed by atoms with van der Waals surface area (Å²) < 4.78 is 0. The van der Waals surface area contributed by atoms with Gasteiger partial charge in [0.15, 0.2) is 0 Å². The summed E-state index contributed by atoms with van der Waals surface area (Å²) in [7, 11) is 0. The van der Waals surface area contributed by atoms with E-state index in [1.165, 1.54) is 5.56 Å². The van der Waals surface area contributed by atoms with Gasteiger partial charge in [0.05, 0.1) is 5.92 Å². The number of carboxylic acid groups (broad SMARTS) is 1. The van der Waals surface area contributed by atoms with Crippen LogP contribution in [0.2, 0.25) is 0 Å². The molecule has 0 aliphatic rings. The van der Waals surface area contributed by atoms with Crippen molar-refractivity contribution in [3.8, 4) is 5.75 Å². The first-order valence-electron chi connectivity index (χ1n) is 8.57. The maximum absolute atomic E-state index is 11.1. The molecule has 1 aromatic carbocycles. The summed E-state index contributed by atoms with van der Waals surface area (Å²) in [5, 5.41) is 19.8. The van der Waals surface area contributed by atoms with Crippen molar-refractivity contribution >= 4 is 5.97 Å². The normalized spacial score (nSPS) is 13.6. The SMILES string of the molecule is CC(CCC(C)(C)c1cc(C(C)C)cc(C(C)C)c1O)C(=O)O. The van der Waals surface area contributed by atoms with Crippen molar-refractivity contribution in [2.45, 2.75) is 78.6 Å². The van der Waals surface area contributed by atoms with Crippen molar-refractivity contribution in [3.05, 3.63) is 28.8 Å². The van der Waals surface area contributed by atoms with Crippen molar-refractivity contribution in [2.24, 2.45) is 5.92 Å². The van der Waals surface area contributed by atoms with E-state index in [9.17, 15) is 9.90 Å². The largest absolute Gasteiger partial charge is 0.507 e. The quantitative estimate of drug-likeness (QED) is 0.705. The number of carbonyl (C=O) groups is 1. The van der Waals surface area contributed by atoms with Gasteiger partial charge < -0.3 is 10.2 Å². The molecule has 0 bridgehead atoms. The van der Waals surface area contributed by atoms with Crippen LogP contribution in [0.15, 0.2) is 12.1 Å². The minimum Gasteiger partial charge on any atom is -0.507 e. The van der Waals surface area contributed by atoms with Crippen LogP contribution in [0.1, 0.15) is 89.8 Å². The van der Waals surface area contributed by atoms with Crippen molar-refractivity contribution < 1.29 is 15.0 Å². The number of hydrogen-bond acceptors (Lipinski definition) is 2. The molecule has 23 heavy (non-hydrogen) atoms. The Labute approximate surface area is 140 Å². The number of carboxylic acids is 1. The zero-order valence-electron chi connectivity index (χ0n) is 15.6. The number of benzene rings is 1. The molecule has 0 aromatic heterocycles. The highest BCUT2D eigenvalue weighted by Gasteiger charge is 2.28. The van der Waals surface area contributed by atoms with Crippen LogP contribution in [0.5, 0.6) is 5.75 Å². The fraction of sp³-hybridized carbons (Fsp3) is 0.650. The van der Waals surface area contributed by atoms with Crippen molar-refractivity contribution in [1.29, 1.82) is 0 Å².